The van der Waals surface area contributed by atoms with Crippen molar-refractivity contribution in [3.63, 3.8) is 0 Å². The maximum Gasteiger partial charge on any atom is 0.242 e. The van der Waals surface area contributed by atoms with Gasteiger partial charge in [-0.25, -0.2) is 4.98 Å². The van der Waals surface area contributed by atoms with Gasteiger partial charge in [0.25, 0.3) is 0 Å². The third-order valence-electron chi connectivity index (χ3n) is 6.80. The Labute approximate surface area is 238 Å². The van der Waals surface area contributed by atoms with E-state index in [9.17, 15) is 9.59 Å². The normalized spacial score (nSPS) is 11.6. The van der Waals surface area contributed by atoms with Gasteiger partial charge in [0.15, 0.2) is 0 Å². The van der Waals surface area contributed by atoms with Crippen LogP contribution < -0.4 is 21.7 Å². The molecule has 0 aliphatic carbocycles. The van der Waals surface area contributed by atoms with Crippen LogP contribution >= 0.6 is 12.4 Å². The average molecular weight is 557 g/mol. The van der Waals surface area contributed by atoms with E-state index in [4.69, 9.17) is 5.73 Å². The van der Waals surface area contributed by atoms with Gasteiger partial charge in [-0.05, 0) is 25.9 Å². The number of amides is 2. The second-order valence-corrected chi connectivity index (χ2v) is 10.3. The van der Waals surface area contributed by atoms with Gasteiger partial charge >= 0.3 is 0 Å². The Morgan fingerprint density at radius 2 is 1.39 bits per heavy atom. The van der Waals surface area contributed by atoms with Crippen LogP contribution in [0.1, 0.15) is 122 Å². The summed E-state index contributed by atoms with van der Waals surface area (Å²) < 4.78 is 0. The molecule has 0 radical (unpaired) electrons. The highest BCUT2D eigenvalue weighted by Gasteiger charge is 2.21. The molecule has 1 rings (SSSR count). The van der Waals surface area contributed by atoms with E-state index in [0.717, 1.165) is 18.7 Å². The minimum absolute atomic E-state index is 0. The Kier molecular flexibility index (Phi) is 25.8. The summed E-state index contributed by atoms with van der Waals surface area (Å²) in [5, 5.41) is 8.90. The maximum absolute atomic E-state index is 12.5. The number of aromatic amines is 1. The Morgan fingerprint density at radius 1 is 0.842 bits per heavy atom. The lowest BCUT2D eigenvalue weighted by atomic mass is 10.0. The van der Waals surface area contributed by atoms with Crippen LogP contribution in [-0.2, 0) is 16.0 Å². The lowest BCUT2D eigenvalue weighted by molar-refractivity contribution is -0.128. The first-order valence-electron chi connectivity index (χ1n) is 15.1. The van der Waals surface area contributed by atoms with Crippen molar-refractivity contribution in [3.8, 4) is 0 Å². The van der Waals surface area contributed by atoms with E-state index in [1.165, 1.54) is 96.3 Å². The molecule has 0 saturated carbocycles. The fourth-order valence-corrected chi connectivity index (χ4v) is 4.51. The van der Waals surface area contributed by atoms with E-state index < -0.39 is 6.04 Å². The van der Waals surface area contributed by atoms with Crippen LogP contribution in [0.3, 0.4) is 0 Å². The number of nitrogens with one attached hydrogen (secondary N) is 4. The molecule has 0 aromatic carbocycles. The number of hydrogen-bond acceptors (Lipinski definition) is 5. The predicted octanol–water partition coefficient (Wildman–Crippen LogP) is 5.17. The van der Waals surface area contributed by atoms with Crippen LogP contribution in [0, 0.1) is 0 Å². The molecule has 1 aromatic heterocycles. The smallest absolute Gasteiger partial charge is 0.242 e. The molecule has 2 amide bonds. The van der Waals surface area contributed by atoms with E-state index in [2.05, 4.69) is 32.8 Å². The topological polar surface area (TPSA) is 125 Å². The number of nitrogens with two attached hydrogens (primary N) is 1. The molecule has 1 aromatic rings. The van der Waals surface area contributed by atoms with Gasteiger partial charge in [-0.15, -0.1) is 12.4 Å². The van der Waals surface area contributed by atoms with Crippen molar-refractivity contribution in [2.75, 3.05) is 26.2 Å². The van der Waals surface area contributed by atoms with Gasteiger partial charge in [-0.2, -0.15) is 0 Å². The fourth-order valence-electron chi connectivity index (χ4n) is 4.51. The molecule has 0 spiro atoms. The van der Waals surface area contributed by atoms with E-state index >= 15 is 0 Å². The molecule has 0 bridgehead atoms. The molecule has 0 unspecified atom stereocenters. The van der Waals surface area contributed by atoms with Crippen molar-refractivity contribution in [1.29, 1.82) is 0 Å². The van der Waals surface area contributed by atoms with Crippen LogP contribution in [0.2, 0.25) is 0 Å². The first-order valence-corrected chi connectivity index (χ1v) is 15.1. The molecule has 38 heavy (non-hydrogen) atoms. The van der Waals surface area contributed by atoms with Gasteiger partial charge in [0.05, 0.1) is 12.9 Å². The lowest BCUT2D eigenvalue weighted by Gasteiger charge is -2.18. The molecule has 1 heterocycles. The van der Waals surface area contributed by atoms with Gasteiger partial charge in [0, 0.05) is 24.9 Å². The quantitative estimate of drug-likeness (QED) is 0.101. The third kappa shape index (κ3) is 21.3. The summed E-state index contributed by atoms with van der Waals surface area (Å²) >= 11 is 0. The molecule has 0 saturated heterocycles. The van der Waals surface area contributed by atoms with E-state index in [1.807, 2.05) is 0 Å². The molecule has 0 aliphatic rings. The van der Waals surface area contributed by atoms with Crippen molar-refractivity contribution in [2.45, 2.75) is 129 Å². The van der Waals surface area contributed by atoms with Gasteiger partial charge < -0.3 is 26.7 Å². The number of unbranched alkanes of at least 4 members (excludes halogenated alkanes) is 15. The number of carbonyl (C=O) groups is 2. The first-order chi connectivity index (χ1) is 18.2. The highest BCUT2D eigenvalue weighted by molar-refractivity contribution is 5.88. The van der Waals surface area contributed by atoms with E-state index in [0.29, 0.717) is 25.9 Å². The zero-order chi connectivity index (χ0) is 26.8. The Morgan fingerprint density at radius 3 is 1.89 bits per heavy atom. The highest BCUT2D eigenvalue weighted by Crippen LogP contribution is 2.13. The summed E-state index contributed by atoms with van der Waals surface area (Å²) in [7, 11) is 0. The van der Waals surface area contributed by atoms with Crippen molar-refractivity contribution in [3.05, 3.63) is 18.2 Å². The summed E-state index contributed by atoms with van der Waals surface area (Å²) in [6.45, 7) is 4.33. The summed E-state index contributed by atoms with van der Waals surface area (Å²) in [5.74, 6) is -0.371. The number of aromatic nitrogens is 2. The molecule has 0 aliphatic heterocycles. The van der Waals surface area contributed by atoms with Gasteiger partial charge in [0.2, 0.25) is 11.8 Å². The summed E-state index contributed by atoms with van der Waals surface area (Å²) in [4.78, 5) is 31.9. The zero-order valence-electron chi connectivity index (χ0n) is 24.0. The Bertz CT molecular complexity index is 660. The number of carbonyl (C=O) groups excluding carboxylic acids is 2. The van der Waals surface area contributed by atoms with Crippen LogP contribution in [0.4, 0.5) is 0 Å². The number of rotatable bonds is 26. The molecule has 1 atom stereocenters. The van der Waals surface area contributed by atoms with Crippen LogP contribution in [0.25, 0.3) is 0 Å². The average Bonchev–Trinajstić information content (AvgIpc) is 3.41. The Hall–Kier alpha value is -1.64. The third-order valence-corrected chi connectivity index (χ3v) is 6.80. The zero-order valence-corrected chi connectivity index (χ0v) is 24.9. The minimum Gasteiger partial charge on any atom is -0.354 e. The van der Waals surface area contributed by atoms with Crippen LogP contribution in [-0.4, -0.2) is 54.0 Å². The van der Waals surface area contributed by atoms with Crippen molar-refractivity contribution in [1.82, 2.24) is 25.9 Å². The van der Waals surface area contributed by atoms with Gasteiger partial charge in [-0.1, -0.05) is 103 Å². The number of hydrogen-bond donors (Lipinski definition) is 5. The second-order valence-electron chi connectivity index (χ2n) is 10.3. The first kappa shape index (κ1) is 36.4. The molecular formula is C29H57ClN6O2. The SMILES string of the molecule is CCCCCCCCCCCCCCCCCCNCC(=O)N[C@@H](Cc1cnc[nH]1)C(=O)NCCCN.Cl. The number of halogens is 1. The number of imidazole rings is 1. The molecule has 222 valence electrons. The summed E-state index contributed by atoms with van der Waals surface area (Å²) in [5.41, 5.74) is 6.30. The predicted molar refractivity (Wildman–Crippen MR) is 161 cm³/mol. The summed E-state index contributed by atoms with van der Waals surface area (Å²) in [6.07, 6.45) is 25.9. The standard InChI is InChI=1S/C29H56N6O2.ClH/c1-2-3-4-5-6-7-8-9-10-11-12-13-14-15-16-17-20-31-24-28(36)35-27(22-26-23-32-25-34-26)29(37)33-21-18-19-30;/h23,25,27,31H,2-22,24,30H2,1H3,(H,32,34)(H,33,37)(H,35,36);1H/t27-;/m0./s1. The molecular weight excluding hydrogens is 500 g/mol. The van der Waals surface area contributed by atoms with Crippen molar-refractivity contribution < 1.29 is 9.59 Å². The van der Waals surface area contributed by atoms with E-state index in [1.54, 1.807) is 12.5 Å². The van der Waals surface area contributed by atoms with Crippen molar-refractivity contribution in [2.24, 2.45) is 5.73 Å². The fraction of sp³-hybridized carbons (Fsp3) is 0.828. The number of nitrogens with zero attached hydrogens (tertiary/aromatic N) is 1. The van der Waals surface area contributed by atoms with Gasteiger partial charge in [-0.3, -0.25) is 9.59 Å². The van der Waals surface area contributed by atoms with Crippen LogP contribution in [0.15, 0.2) is 12.5 Å². The number of H-pyrrole nitrogens is 1. The highest BCUT2D eigenvalue weighted by atomic mass is 35.5. The largest absolute Gasteiger partial charge is 0.354 e. The monoisotopic (exact) mass is 556 g/mol. The minimum atomic E-state index is -0.636. The maximum atomic E-state index is 12.5. The lowest BCUT2D eigenvalue weighted by Crippen LogP contribution is -2.50. The molecule has 0 fully saturated rings. The summed E-state index contributed by atoms with van der Waals surface area (Å²) in [6, 6.07) is -0.636. The molecule has 6 N–H and O–H groups in total. The molecule has 9 heteroatoms. The van der Waals surface area contributed by atoms with Gasteiger partial charge in [0.1, 0.15) is 6.04 Å². The Balaban J connectivity index is 0.0000137. The molecule has 8 nitrogen and oxygen atoms in total. The van der Waals surface area contributed by atoms with E-state index in [-0.39, 0.29) is 30.8 Å². The van der Waals surface area contributed by atoms with Crippen LogP contribution in [0.5, 0.6) is 0 Å². The van der Waals surface area contributed by atoms with Crippen molar-refractivity contribution >= 4 is 24.2 Å². The second kappa shape index (κ2) is 26.9.